The van der Waals surface area contributed by atoms with E-state index in [0.717, 1.165) is 12.8 Å². The van der Waals surface area contributed by atoms with Gasteiger partial charge in [0.1, 0.15) is 5.25 Å². The summed E-state index contributed by atoms with van der Waals surface area (Å²) in [5.74, 6) is -0.510. The van der Waals surface area contributed by atoms with Crippen LogP contribution >= 0.6 is 11.6 Å². The maximum atomic E-state index is 12.4. The zero-order valence-corrected chi connectivity index (χ0v) is 14.0. The number of hydrogen-bond acceptors (Lipinski definition) is 4. The van der Waals surface area contributed by atoms with Crippen molar-refractivity contribution in [2.24, 2.45) is 0 Å². The highest BCUT2D eigenvalue weighted by atomic mass is 35.5. The molecular weight excluding hydrogens is 312 g/mol. The number of rotatable bonds is 6. The number of nitrogen functional groups attached to an aromatic ring is 1. The molecule has 2 atom stereocenters. The first-order chi connectivity index (χ1) is 9.70. The molecule has 0 saturated carbocycles. The summed E-state index contributed by atoms with van der Waals surface area (Å²) in [6.45, 7) is 5.22. The lowest BCUT2D eigenvalue weighted by Gasteiger charge is -2.17. The third kappa shape index (κ3) is 4.35. The smallest absolute Gasteiger partial charge is 0.238 e. The van der Waals surface area contributed by atoms with Crippen molar-refractivity contribution in [2.75, 3.05) is 5.73 Å². The molecule has 3 N–H and O–H groups in total. The van der Waals surface area contributed by atoms with Crippen LogP contribution in [0.1, 0.15) is 33.6 Å². The van der Waals surface area contributed by atoms with Crippen LogP contribution in [0, 0.1) is 0 Å². The van der Waals surface area contributed by atoms with Crippen LogP contribution in [0.25, 0.3) is 0 Å². The lowest BCUT2D eigenvalue weighted by molar-refractivity contribution is -0.121. The first-order valence-electron chi connectivity index (χ1n) is 6.79. The van der Waals surface area contributed by atoms with Crippen molar-refractivity contribution in [3.05, 3.63) is 23.2 Å². The Hall–Kier alpha value is -1.27. The second-order valence-corrected chi connectivity index (χ2v) is 7.74. The van der Waals surface area contributed by atoms with Gasteiger partial charge in [-0.25, -0.2) is 8.42 Å². The van der Waals surface area contributed by atoms with Gasteiger partial charge in [0.15, 0.2) is 9.84 Å². The minimum absolute atomic E-state index is 0.00695. The van der Waals surface area contributed by atoms with Gasteiger partial charge >= 0.3 is 0 Å². The molecule has 21 heavy (non-hydrogen) atoms. The van der Waals surface area contributed by atoms with Crippen LogP contribution in [0.2, 0.25) is 5.02 Å². The molecule has 0 radical (unpaired) electrons. The minimum Gasteiger partial charge on any atom is -0.398 e. The average molecular weight is 333 g/mol. The monoisotopic (exact) mass is 332 g/mol. The van der Waals surface area contributed by atoms with E-state index in [-0.39, 0.29) is 16.0 Å². The third-order valence-electron chi connectivity index (χ3n) is 3.25. The summed E-state index contributed by atoms with van der Waals surface area (Å²) >= 11 is 5.84. The standard InChI is InChI=1S/C14H21ClN2O3S/c1-4-5-9(2)17-14(18)10(3)21(19,20)11-6-7-13(16)12(15)8-11/h6-10H,4-5,16H2,1-3H3,(H,17,18). The van der Waals surface area contributed by atoms with E-state index in [4.69, 9.17) is 17.3 Å². The van der Waals surface area contributed by atoms with Crippen LogP contribution in [0.3, 0.4) is 0 Å². The topological polar surface area (TPSA) is 89.3 Å². The van der Waals surface area contributed by atoms with E-state index in [9.17, 15) is 13.2 Å². The molecule has 0 aromatic heterocycles. The normalized spacial score (nSPS) is 14.5. The Morgan fingerprint density at radius 1 is 1.38 bits per heavy atom. The molecule has 118 valence electrons. The minimum atomic E-state index is -3.79. The molecule has 0 aliphatic carbocycles. The van der Waals surface area contributed by atoms with E-state index < -0.39 is 21.0 Å². The summed E-state index contributed by atoms with van der Waals surface area (Å²) in [5.41, 5.74) is 5.86. The van der Waals surface area contributed by atoms with Crippen molar-refractivity contribution >= 4 is 33.0 Å². The Labute approximate surface area is 130 Å². The molecule has 0 aliphatic heterocycles. The van der Waals surface area contributed by atoms with Crippen molar-refractivity contribution < 1.29 is 13.2 Å². The predicted octanol–water partition coefficient (Wildman–Crippen LogP) is 2.39. The van der Waals surface area contributed by atoms with E-state index in [2.05, 4.69) is 5.32 Å². The van der Waals surface area contributed by atoms with Gasteiger partial charge in [0.25, 0.3) is 0 Å². The predicted molar refractivity (Wildman–Crippen MR) is 85.0 cm³/mol. The lowest BCUT2D eigenvalue weighted by atomic mass is 10.2. The summed E-state index contributed by atoms with van der Waals surface area (Å²) in [4.78, 5) is 12.0. The molecule has 7 heteroatoms. The fourth-order valence-electron chi connectivity index (χ4n) is 1.90. The number of halogens is 1. The molecule has 2 unspecified atom stereocenters. The number of sulfone groups is 1. The van der Waals surface area contributed by atoms with Crippen molar-refractivity contribution in [1.82, 2.24) is 5.32 Å². The van der Waals surface area contributed by atoms with E-state index in [0.29, 0.717) is 5.69 Å². The second kappa shape index (κ2) is 7.13. The zero-order valence-electron chi connectivity index (χ0n) is 12.4. The van der Waals surface area contributed by atoms with Gasteiger partial charge in [-0.1, -0.05) is 24.9 Å². The zero-order chi connectivity index (χ0) is 16.2. The van der Waals surface area contributed by atoms with Crippen molar-refractivity contribution in [2.45, 2.75) is 49.8 Å². The molecule has 0 heterocycles. The lowest BCUT2D eigenvalue weighted by Crippen LogP contribution is -2.42. The highest BCUT2D eigenvalue weighted by Crippen LogP contribution is 2.25. The van der Waals surface area contributed by atoms with Crippen LogP contribution in [-0.2, 0) is 14.6 Å². The fourth-order valence-corrected chi connectivity index (χ4v) is 3.44. The van der Waals surface area contributed by atoms with E-state index >= 15 is 0 Å². The van der Waals surface area contributed by atoms with Crippen LogP contribution in [0.5, 0.6) is 0 Å². The van der Waals surface area contributed by atoms with Crippen molar-refractivity contribution in [1.29, 1.82) is 0 Å². The number of carbonyl (C=O) groups is 1. The first-order valence-corrected chi connectivity index (χ1v) is 8.71. The quantitative estimate of drug-likeness (QED) is 0.783. The summed E-state index contributed by atoms with van der Waals surface area (Å²) < 4.78 is 24.8. The molecular formula is C14H21ClN2O3S. The molecule has 0 bridgehead atoms. The number of nitrogens with two attached hydrogens (primary N) is 1. The van der Waals surface area contributed by atoms with Gasteiger partial charge in [0.2, 0.25) is 5.91 Å². The van der Waals surface area contributed by atoms with E-state index in [1.54, 1.807) is 0 Å². The molecule has 5 nitrogen and oxygen atoms in total. The number of amides is 1. The molecule has 0 spiro atoms. The van der Waals surface area contributed by atoms with Crippen molar-refractivity contribution in [3.63, 3.8) is 0 Å². The number of carbonyl (C=O) groups excluding carboxylic acids is 1. The fraction of sp³-hybridized carbons (Fsp3) is 0.500. The molecule has 1 aromatic carbocycles. The van der Waals surface area contributed by atoms with E-state index in [1.165, 1.54) is 25.1 Å². The maximum absolute atomic E-state index is 12.4. The number of hydrogen-bond donors (Lipinski definition) is 2. The second-order valence-electron chi connectivity index (χ2n) is 5.07. The van der Waals surface area contributed by atoms with Crippen LogP contribution < -0.4 is 11.1 Å². The Balaban J connectivity index is 2.95. The van der Waals surface area contributed by atoms with Crippen LogP contribution in [0.15, 0.2) is 23.1 Å². The maximum Gasteiger partial charge on any atom is 0.238 e. The van der Waals surface area contributed by atoms with Crippen LogP contribution in [0.4, 0.5) is 5.69 Å². The highest BCUT2D eigenvalue weighted by Gasteiger charge is 2.30. The van der Waals surface area contributed by atoms with Gasteiger partial charge in [-0.2, -0.15) is 0 Å². The SMILES string of the molecule is CCCC(C)NC(=O)C(C)S(=O)(=O)c1ccc(N)c(Cl)c1. The highest BCUT2D eigenvalue weighted by molar-refractivity contribution is 7.92. The summed E-state index contributed by atoms with van der Waals surface area (Å²) in [5, 5.41) is 1.68. The molecule has 0 aliphatic rings. The Bertz CT molecular complexity index is 617. The van der Waals surface area contributed by atoms with Crippen molar-refractivity contribution in [3.8, 4) is 0 Å². The summed E-state index contributed by atoms with van der Waals surface area (Å²) in [7, 11) is -3.79. The van der Waals surface area contributed by atoms with Gasteiger partial charge in [0.05, 0.1) is 15.6 Å². The Kier molecular flexibility index (Phi) is 6.04. The molecule has 0 saturated heterocycles. The number of nitrogens with one attached hydrogen (secondary N) is 1. The van der Waals surface area contributed by atoms with Crippen LogP contribution in [-0.4, -0.2) is 25.6 Å². The van der Waals surface area contributed by atoms with Gasteiger partial charge in [-0.15, -0.1) is 0 Å². The summed E-state index contributed by atoms with van der Waals surface area (Å²) in [6, 6.07) is 3.98. The molecule has 1 aromatic rings. The summed E-state index contributed by atoms with van der Waals surface area (Å²) in [6.07, 6.45) is 1.71. The van der Waals surface area contributed by atoms with Gasteiger partial charge in [-0.3, -0.25) is 4.79 Å². The Morgan fingerprint density at radius 2 is 2.00 bits per heavy atom. The number of benzene rings is 1. The number of anilines is 1. The Morgan fingerprint density at radius 3 is 2.52 bits per heavy atom. The largest absolute Gasteiger partial charge is 0.398 e. The third-order valence-corrected chi connectivity index (χ3v) is 5.63. The molecule has 0 fully saturated rings. The van der Waals surface area contributed by atoms with Gasteiger partial charge in [-0.05, 0) is 38.5 Å². The average Bonchev–Trinajstić information content (AvgIpc) is 2.40. The van der Waals surface area contributed by atoms with Gasteiger partial charge in [0, 0.05) is 6.04 Å². The van der Waals surface area contributed by atoms with E-state index in [1.807, 2.05) is 13.8 Å². The van der Waals surface area contributed by atoms with Gasteiger partial charge < -0.3 is 11.1 Å². The molecule has 1 amide bonds. The molecule has 1 rings (SSSR count). The first kappa shape index (κ1) is 17.8.